The number of hydrogen-bond donors (Lipinski definition) is 0. The van der Waals surface area contributed by atoms with Crippen molar-refractivity contribution in [3.63, 3.8) is 0 Å². The van der Waals surface area contributed by atoms with Crippen molar-refractivity contribution < 1.29 is 4.74 Å². The highest BCUT2D eigenvalue weighted by atomic mass is 32.1. The van der Waals surface area contributed by atoms with Gasteiger partial charge >= 0.3 is 0 Å². The van der Waals surface area contributed by atoms with Crippen molar-refractivity contribution in [2.75, 3.05) is 18.0 Å². The maximum atomic E-state index is 8.83. The topological polar surface area (TPSA) is 49.2 Å². The lowest BCUT2D eigenvalue weighted by Crippen LogP contribution is -2.43. The Kier molecular flexibility index (Phi) is 3.68. The Morgan fingerprint density at radius 2 is 2.30 bits per heavy atom. The van der Waals surface area contributed by atoms with Gasteiger partial charge in [-0.2, -0.15) is 16.6 Å². The lowest BCUT2D eigenvalue weighted by molar-refractivity contribution is -0.0174. The van der Waals surface area contributed by atoms with Gasteiger partial charge in [-0.3, -0.25) is 0 Å². The van der Waals surface area contributed by atoms with E-state index in [1.165, 1.54) is 5.56 Å². The van der Waals surface area contributed by atoms with E-state index in [2.05, 4.69) is 39.7 Å². The molecule has 0 amide bonds. The predicted molar refractivity (Wildman–Crippen MR) is 78.8 cm³/mol. The summed E-state index contributed by atoms with van der Waals surface area (Å²) in [6.45, 7) is 3.69. The highest BCUT2D eigenvalue weighted by Crippen LogP contribution is 2.28. The van der Waals surface area contributed by atoms with Crippen LogP contribution in [0.3, 0.4) is 0 Å². The second kappa shape index (κ2) is 5.61. The van der Waals surface area contributed by atoms with E-state index in [1.54, 1.807) is 17.5 Å². The van der Waals surface area contributed by atoms with E-state index in [4.69, 9.17) is 10.00 Å². The fraction of sp³-hybridized carbons (Fsp3) is 0.333. The average molecular weight is 285 g/mol. The first-order valence-corrected chi connectivity index (χ1v) is 7.49. The average Bonchev–Trinajstić information content (AvgIpc) is 3.01. The molecule has 1 saturated heterocycles. The van der Waals surface area contributed by atoms with Gasteiger partial charge in [0.1, 0.15) is 18.0 Å². The largest absolute Gasteiger partial charge is 0.367 e. The van der Waals surface area contributed by atoms with Crippen LogP contribution in [-0.4, -0.2) is 24.2 Å². The Morgan fingerprint density at radius 1 is 1.40 bits per heavy atom. The molecule has 0 spiro atoms. The number of hydrogen-bond acceptors (Lipinski definition) is 5. The van der Waals surface area contributed by atoms with Crippen LogP contribution in [0.1, 0.15) is 24.2 Å². The molecule has 2 aromatic heterocycles. The van der Waals surface area contributed by atoms with Crippen LogP contribution in [0.4, 0.5) is 5.82 Å². The molecule has 0 saturated carbocycles. The molecule has 1 fully saturated rings. The maximum absolute atomic E-state index is 8.83. The van der Waals surface area contributed by atoms with Gasteiger partial charge in [0.25, 0.3) is 0 Å². The van der Waals surface area contributed by atoms with Crippen LogP contribution in [0.5, 0.6) is 0 Å². The summed E-state index contributed by atoms with van der Waals surface area (Å²) in [4.78, 5) is 6.59. The molecule has 0 N–H and O–H groups in total. The van der Waals surface area contributed by atoms with Gasteiger partial charge in [-0.05, 0) is 41.4 Å². The Bertz CT molecular complexity index is 603. The van der Waals surface area contributed by atoms with Crippen molar-refractivity contribution in [2.45, 2.75) is 19.1 Å². The highest BCUT2D eigenvalue weighted by molar-refractivity contribution is 7.07. The summed E-state index contributed by atoms with van der Waals surface area (Å²) in [6, 6.07) is 7.91. The van der Waals surface area contributed by atoms with Crippen molar-refractivity contribution in [1.82, 2.24) is 4.98 Å². The van der Waals surface area contributed by atoms with E-state index >= 15 is 0 Å². The summed E-state index contributed by atoms with van der Waals surface area (Å²) in [5, 5.41) is 13.0. The standard InChI is InChI=1S/C15H15N3OS/c1-11-8-18(15-3-2-12(6-16)7-17-15)9-14(19-11)13-4-5-20-10-13/h2-5,7,10-11,14H,8-9H2,1H3/t11-,14+/m1/s1. The molecule has 102 valence electrons. The van der Waals surface area contributed by atoms with Gasteiger partial charge in [-0.1, -0.05) is 0 Å². The molecule has 3 heterocycles. The van der Waals surface area contributed by atoms with Crippen molar-refractivity contribution in [2.24, 2.45) is 0 Å². The van der Waals surface area contributed by atoms with Crippen LogP contribution in [0, 0.1) is 11.3 Å². The van der Waals surface area contributed by atoms with Crippen LogP contribution in [0.15, 0.2) is 35.2 Å². The summed E-state index contributed by atoms with van der Waals surface area (Å²) in [7, 11) is 0. The lowest BCUT2D eigenvalue weighted by Gasteiger charge is -2.37. The van der Waals surface area contributed by atoms with Gasteiger partial charge < -0.3 is 9.64 Å². The number of aromatic nitrogens is 1. The Hall–Kier alpha value is -1.90. The minimum absolute atomic E-state index is 0.0856. The summed E-state index contributed by atoms with van der Waals surface area (Å²) in [6.07, 6.45) is 1.86. The van der Waals surface area contributed by atoms with Crippen LogP contribution >= 0.6 is 11.3 Å². The highest BCUT2D eigenvalue weighted by Gasteiger charge is 2.27. The van der Waals surface area contributed by atoms with Gasteiger partial charge in [0.15, 0.2) is 0 Å². The van der Waals surface area contributed by atoms with Crippen LogP contribution in [0.25, 0.3) is 0 Å². The molecule has 1 aliphatic heterocycles. The van der Waals surface area contributed by atoms with Gasteiger partial charge in [0.05, 0.1) is 11.7 Å². The molecule has 0 aromatic carbocycles. The Balaban J connectivity index is 1.80. The summed E-state index contributed by atoms with van der Waals surface area (Å²) < 4.78 is 6.01. The molecule has 2 aromatic rings. The second-order valence-electron chi connectivity index (χ2n) is 4.91. The third-order valence-corrected chi connectivity index (χ3v) is 4.08. The zero-order valence-corrected chi connectivity index (χ0v) is 12.0. The third kappa shape index (κ3) is 2.67. The number of thiophene rings is 1. The summed E-state index contributed by atoms with van der Waals surface area (Å²) >= 11 is 1.69. The number of ether oxygens (including phenoxy) is 1. The van der Waals surface area contributed by atoms with E-state index in [1.807, 2.05) is 12.1 Å². The fourth-order valence-electron chi connectivity index (χ4n) is 2.42. The molecule has 0 aliphatic carbocycles. The molecule has 0 unspecified atom stereocenters. The van der Waals surface area contributed by atoms with Gasteiger partial charge in [-0.15, -0.1) is 0 Å². The van der Waals surface area contributed by atoms with Crippen molar-refractivity contribution >= 4 is 17.2 Å². The lowest BCUT2D eigenvalue weighted by atomic mass is 10.1. The predicted octanol–water partition coefficient (Wildman–Crippen LogP) is 2.98. The SMILES string of the molecule is C[C@@H]1CN(c2ccc(C#N)cn2)C[C@@H](c2ccsc2)O1. The normalized spacial score (nSPS) is 22.5. The third-order valence-electron chi connectivity index (χ3n) is 3.38. The minimum Gasteiger partial charge on any atom is -0.367 e. The molecule has 20 heavy (non-hydrogen) atoms. The molecule has 4 nitrogen and oxygen atoms in total. The van der Waals surface area contributed by atoms with Crippen molar-refractivity contribution in [1.29, 1.82) is 5.26 Å². The first-order chi connectivity index (χ1) is 9.76. The van der Waals surface area contributed by atoms with Crippen LogP contribution in [0.2, 0.25) is 0 Å². The van der Waals surface area contributed by atoms with Crippen LogP contribution < -0.4 is 4.90 Å². The summed E-state index contributed by atoms with van der Waals surface area (Å²) in [5.74, 6) is 0.902. The molecule has 2 atom stereocenters. The van der Waals surface area contributed by atoms with Crippen molar-refractivity contribution in [3.05, 3.63) is 46.3 Å². The number of nitriles is 1. The van der Waals surface area contributed by atoms with E-state index < -0.39 is 0 Å². The molecule has 3 rings (SSSR count). The molecule has 5 heteroatoms. The number of nitrogens with zero attached hydrogens (tertiary/aromatic N) is 3. The fourth-order valence-corrected chi connectivity index (χ4v) is 3.12. The first-order valence-electron chi connectivity index (χ1n) is 6.55. The maximum Gasteiger partial charge on any atom is 0.128 e. The number of pyridine rings is 1. The molecular weight excluding hydrogens is 270 g/mol. The number of rotatable bonds is 2. The number of anilines is 1. The smallest absolute Gasteiger partial charge is 0.128 e. The van der Waals surface area contributed by atoms with Gasteiger partial charge in [0.2, 0.25) is 0 Å². The molecule has 1 aliphatic rings. The van der Waals surface area contributed by atoms with E-state index in [0.29, 0.717) is 5.56 Å². The Labute approximate surface area is 122 Å². The number of morpholine rings is 1. The molecule has 0 bridgehead atoms. The van der Waals surface area contributed by atoms with Crippen molar-refractivity contribution in [3.8, 4) is 6.07 Å². The zero-order valence-electron chi connectivity index (χ0n) is 11.2. The van der Waals surface area contributed by atoms with Gasteiger partial charge in [-0.25, -0.2) is 4.98 Å². The van der Waals surface area contributed by atoms with Crippen LogP contribution in [-0.2, 0) is 4.74 Å². The summed E-state index contributed by atoms with van der Waals surface area (Å²) in [5.41, 5.74) is 1.81. The minimum atomic E-state index is 0.0856. The molecular formula is C15H15N3OS. The second-order valence-corrected chi connectivity index (χ2v) is 5.69. The Morgan fingerprint density at radius 3 is 2.95 bits per heavy atom. The zero-order chi connectivity index (χ0) is 13.9. The quantitative estimate of drug-likeness (QED) is 0.851. The van der Waals surface area contributed by atoms with E-state index in [-0.39, 0.29) is 12.2 Å². The van der Waals surface area contributed by atoms with E-state index in [9.17, 15) is 0 Å². The first kappa shape index (κ1) is 13.1. The molecule has 0 radical (unpaired) electrons. The monoisotopic (exact) mass is 285 g/mol. The van der Waals surface area contributed by atoms with Gasteiger partial charge in [0, 0.05) is 19.3 Å². The van der Waals surface area contributed by atoms with E-state index in [0.717, 1.165) is 18.9 Å².